The van der Waals surface area contributed by atoms with Gasteiger partial charge in [0.15, 0.2) is 0 Å². The van der Waals surface area contributed by atoms with Crippen LogP contribution in [0, 0.1) is 12.1 Å². The maximum Gasteiger partial charge on any atom is 0.0160 e. The summed E-state index contributed by atoms with van der Waals surface area (Å²) in [5, 5.41) is 0. The Morgan fingerprint density at radius 1 is 0.329 bits per heavy atom. The van der Waals surface area contributed by atoms with Crippen LogP contribution in [0.15, 0.2) is 310 Å². The standard InChI is InChI=1S/C47H42N.C35H24N.Ir/c1(4-15-36-16-6-3-7-17-36)2-5-18-37-19-10-20-38(31-37)39-21-11-22-40(32-39)41-23-12-24-42(33-41)43-25-13-26-44(34-43)45-27-14-28-46(35-45)47-29-8-9-30-48-47;1-2-10-26(11-3-1)27-12-6-13-28(22-27)29-14-7-15-30(23-29)31-16-8-17-32(24-31)33-18-9-19-34(25-33)35-20-4-5-21-36-35;/h3,6-14,16-17,19-27,29-31,33-35,39H,1-2,4-5,15,18,32H2;1-18,20-25H;/q2*-1;. The smallest absolute Gasteiger partial charge is 0.0160 e. The van der Waals surface area contributed by atoms with E-state index in [4.69, 9.17) is 0 Å². The fraction of sp³-hybridized carbons (Fsp3) is 0.0976. The summed E-state index contributed by atoms with van der Waals surface area (Å²) in [6.07, 6.45) is 19.1. The van der Waals surface area contributed by atoms with Gasteiger partial charge in [-0.05, 0) is 169 Å². The van der Waals surface area contributed by atoms with Crippen molar-refractivity contribution in [1.29, 1.82) is 0 Å². The quantitative estimate of drug-likeness (QED) is 0.0671. The van der Waals surface area contributed by atoms with Crippen molar-refractivity contribution in [2.24, 2.45) is 0 Å². The molecule has 85 heavy (non-hydrogen) atoms. The van der Waals surface area contributed by atoms with Crippen LogP contribution >= 0.6 is 0 Å². The molecule has 0 spiro atoms. The van der Waals surface area contributed by atoms with E-state index >= 15 is 0 Å². The van der Waals surface area contributed by atoms with Crippen molar-refractivity contribution in [1.82, 2.24) is 9.97 Å². The van der Waals surface area contributed by atoms with Crippen LogP contribution in [0.3, 0.4) is 0 Å². The van der Waals surface area contributed by atoms with Crippen LogP contribution in [0.5, 0.6) is 0 Å². The number of aryl methyl sites for hydroxylation is 2. The van der Waals surface area contributed by atoms with Gasteiger partial charge in [0.2, 0.25) is 0 Å². The molecule has 1 aliphatic rings. The number of hydrogen-bond acceptors (Lipinski definition) is 2. The second-order valence-corrected chi connectivity index (χ2v) is 21.7. The van der Waals surface area contributed by atoms with Gasteiger partial charge in [-0.2, -0.15) is 0 Å². The molecule has 0 bridgehead atoms. The summed E-state index contributed by atoms with van der Waals surface area (Å²) in [6.45, 7) is 0. The molecular weight excluding hydrogens is 1210 g/mol. The van der Waals surface area contributed by atoms with Crippen molar-refractivity contribution in [2.45, 2.75) is 50.9 Å². The number of aromatic nitrogens is 2. The number of allylic oxidation sites excluding steroid dienone is 4. The van der Waals surface area contributed by atoms with E-state index in [1.54, 1.807) is 0 Å². The Balaban J connectivity index is 0.000000182. The number of rotatable bonds is 17. The molecule has 415 valence electrons. The largest absolute Gasteiger partial charge is 0.305 e. The molecule has 3 heteroatoms. The molecule has 0 saturated heterocycles. The normalized spacial score (nSPS) is 12.5. The first-order chi connectivity index (χ1) is 41.6. The average Bonchev–Trinajstić information content (AvgIpc) is 3.74. The van der Waals surface area contributed by atoms with Crippen molar-refractivity contribution >= 4 is 5.57 Å². The van der Waals surface area contributed by atoms with Gasteiger partial charge < -0.3 is 9.97 Å². The zero-order valence-corrected chi connectivity index (χ0v) is 50.1. The predicted octanol–water partition coefficient (Wildman–Crippen LogP) is 21.6. The molecule has 2 aromatic heterocycles. The minimum absolute atomic E-state index is 0. The van der Waals surface area contributed by atoms with E-state index in [-0.39, 0.29) is 20.1 Å². The third kappa shape index (κ3) is 15.1. The van der Waals surface area contributed by atoms with Gasteiger partial charge in [-0.3, -0.25) is 0 Å². The molecular formula is C82H66IrN2-2. The van der Waals surface area contributed by atoms with E-state index in [2.05, 4.69) is 271 Å². The van der Waals surface area contributed by atoms with Gasteiger partial charge in [-0.25, -0.2) is 0 Å². The average molecular weight is 1270 g/mol. The first kappa shape index (κ1) is 57.4. The van der Waals surface area contributed by atoms with Crippen molar-refractivity contribution < 1.29 is 20.1 Å². The van der Waals surface area contributed by atoms with E-state index in [0.29, 0.717) is 5.92 Å². The van der Waals surface area contributed by atoms with Gasteiger partial charge in [0.25, 0.3) is 0 Å². The first-order valence-electron chi connectivity index (χ1n) is 29.6. The topological polar surface area (TPSA) is 25.8 Å². The molecule has 0 saturated carbocycles. The molecule has 12 aromatic rings. The molecule has 10 aromatic carbocycles. The fourth-order valence-corrected chi connectivity index (χ4v) is 11.4. The Morgan fingerprint density at radius 2 is 0.718 bits per heavy atom. The van der Waals surface area contributed by atoms with Gasteiger partial charge in [0.05, 0.1) is 0 Å². The molecule has 0 N–H and O–H groups in total. The Hall–Kier alpha value is -9.37. The molecule has 1 atom stereocenters. The number of unbranched alkanes of at least 4 members (excludes halogenated alkanes) is 3. The molecule has 0 fully saturated rings. The van der Waals surface area contributed by atoms with Gasteiger partial charge in [0, 0.05) is 38.4 Å². The summed E-state index contributed by atoms with van der Waals surface area (Å²) in [5.41, 5.74) is 25.3. The Bertz CT molecular complexity index is 4040. The Morgan fingerprint density at radius 3 is 1.20 bits per heavy atom. The molecule has 1 unspecified atom stereocenters. The van der Waals surface area contributed by atoms with Gasteiger partial charge >= 0.3 is 0 Å². The van der Waals surface area contributed by atoms with Crippen molar-refractivity contribution in [3.63, 3.8) is 0 Å². The second-order valence-electron chi connectivity index (χ2n) is 21.7. The molecule has 0 aliphatic heterocycles. The molecule has 1 aliphatic carbocycles. The third-order valence-corrected chi connectivity index (χ3v) is 15.9. The zero-order chi connectivity index (χ0) is 56.5. The van der Waals surface area contributed by atoms with Crippen LogP contribution in [0.1, 0.15) is 60.3 Å². The minimum atomic E-state index is 0. The van der Waals surface area contributed by atoms with Crippen molar-refractivity contribution in [3.05, 3.63) is 344 Å². The van der Waals surface area contributed by atoms with Crippen LogP contribution in [0.25, 0.3) is 94.8 Å². The van der Waals surface area contributed by atoms with Gasteiger partial charge in [-0.15, -0.1) is 70.8 Å². The summed E-state index contributed by atoms with van der Waals surface area (Å²) >= 11 is 0. The van der Waals surface area contributed by atoms with E-state index in [1.165, 1.54) is 121 Å². The third-order valence-electron chi connectivity index (χ3n) is 15.9. The molecule has 2 nitrogen and oxygen atoms in total. The zero-order valence-electron chi connectivity index (χ0n) is 47.7. The number of hydrogen-bond donors (Lipinski definition) is 0. The molecule has 0 amide bonds. The molecule has 13 rings (SSSR count). The summed E-state index contributed by atoms with van der Waals surface area (Å²) < 4.78 is 0. The second kappa shape index (κ2) is 28.7. The maximum absolute atomic E-state index is 4.52. The Labute approximate surface area is 516 Å². The van der Waals surface area contributed by atoms with Crippen LogP contribution in [0.4, 0.5) is 0 Å². The van der Waals surface area contributed by atoms with Crippen molar-refractivity contribution in [2.75, 3.05) is 0 Å². The molecule has 1 radical (unpaired) electrons. The van der Waals surface area contributed by atoms with Gasteiger partial charge in [-0.1, -0.05) is 231 Å². The van der Waals surface area contributed by atoms with Crippen LogP contribution in [-0.4, -0.2) is 9.97 Å². The summed E-state index contributed by atoms with van der Waals surface area (Å²) in [5.74, 6) is 0.394. The molecule has 2 heterocycles. The maximum atomic E-state index is 4.52. The van der Waals surface area contributed by atoms with E-state index in [0.717, 1.165) is 40.9 Å². The van der Waals surface area contributed by atoms with Crippen LogP contribution < -0.4 is 0 Å². The van der Waals surface area contributed by atoms with Crippen LogP contribution in [-0.2, 0) is 32.9 Å². The minimum Gasteiger partial charge on any atom is -0.305 e. The van der Waals surface area contributed by atoms with Gasteiger partial charge in [0.1, 0.15) is 0 Å². The predicted molar refractivity (Wildman–Crippen MR) is 353 cm³/mol. The van der Waals surface area contributed by atoms with E-state index in [9.17, 15) is 0 Å². The number of nitrogens with zero attached hydrogens (tertiary/aromatic N) is 2. The fourth-order valence-electron chi connectivity index (χ4n) is 11.4. The summed E-state index contributed by atoms with van der Waals surface area (Å²) in [4.78, 5) is 9.00. The number of benzene rings is 10. The first-order valence-corrected chi connectivity index (χ1v) is 29.6. The van der Waals surface area contributed by atoms with Crippen LogP contribution in [0.2, 0.25) is 0 Å². The summed E-state index contributed by atoms with van der Waals surface area (Å²) in [7, 11) is 0. The summed E-state index contributed by atoms with van der Waals surface area (Å²) in [6, 6.07) is 106. The monoisotopic (exact) mass is 1270 g/mol. The van der Waals surface area contributed by atoms with E-state index in [1.807, 2.05) is 60.9 Å². The number of pyridine rings is 2. The SMILES string of the molecule is [Ir].[c-]1ccc(-c2cccc(-c3cccc(-c4cccc(-c5ccccc5)c4)c3)c2)cc1-c1ccccn1.[c-]1ccc(-c2cccc(-c3cccc(C4=CC=CC(c5cccc(CCCCCCc6ccccc6)c5)C4)c3)c2)cc1-c1ccccn1. The van der Waals surface area contributed by atoms with Crippen molar-refractivity contribution in [3.8, 4) is 89.3 Å². The Kier molecular flexibility index (Phi) is 19.4. The van der Waals surface area contributed by atoms with E-state index < -0.39 is 0 Å².